The number of rotatable bonds is 7. The predicted octanol–water partition coefficient (Wildman–Crippen LogP) is 2.51. The Morgan fingerprint density at radius 2 is 2.09 bits per heavy atom. The van der Waals surface area contributed by atoms with E-state index >= 15 is 0 Å². The van der Waals surface area contributed by atoms with Crippen molar-refractivity contribution in [2.75, 3.05) is 13.1 Å². The lowest BCUT2D eigenvalue weighted by molar-refractivity contribution is -0.121. The van der Waals surface area contributed by atoms with E-state index in [1.54, 1.807) is 12.1 Å². The first-order chi connectivity index (χ1) is 10.1. The lowest BCUT2D eigenvalue weighted by Gasteiger charge is -2.11. The van der Waals surface area contributed by atoms with E-state index in [1.807, 2.05) is 0 Å². The van der Waals surface area contributed by atoms with E-state index in [0.717, 1.165) is 24.9 Å². The molecule has 1 aromatic rings. The van der Waals surface area contributed by atoms with Crippen molar-refractivity contribution in [2.45, 2.75) is 38.3 Å². The van der Waals surface area contributed by atoms with Crippen molar-refractivity contribution in [2.24, 2.45) is 0 Å². The Hall–Kier alpha value is -1.40. The molecule has 1 saturated heterocycles. The highest BCUT2D eigenvalue weighted by Crippen LogP contribution is 2.15. The second-order valence-electron chi connectivity index (χ2n) is 5.12. The van der Waals surface area contributed by atoms with Crippen LogP contribution in [-0.4, -0.2) is 31.7 Å². The number of ether oxygens (including phenoxy) is 1. The Kier molecular flexibility index (Phi) is 8.12. The van der Waals surface area contributed by atoms with E-state index in [9.17, 15) is 13.6 Å². The maximum Gasteiger partial charge on any atom is 0.387 e. The van der Waals surface area contributed by atoms with Crippen LogP contribution in [0.25, 0.3) is 0 Å². The fourth-order valence-corrected chi connectivity index (χ4v) is 2.35. The van der Waals surface area contributed by atoms with Gasteiger partial charge in [0, 0.05) is 19.0 Å². The molecule has 0 aromatic heterocycles. The fraction of sp³-hybridized carbons (Fsp3) is 0.533. The molecular weight excluding hydrogens is 314 g/mol. The van der Waals surface area contributed by atoms with Crippen molar-refractivity contribution in [3.8, 4) is 5.75 Å². The van der Waals surface area contributed by atoms with Gasteiger partial charge in [-0.05, 0) is 43.5 Å². The van der Waals surface area contributed by atoms with Crippen molar-refractivity contribution in [1.82, 2.24) is 10.6 Å². The molecule has 2 rings (SSSR count). The second kappa shape index (κ2) is 9.58. The Morgan fingerprint density at radius 3 is 2.68 bits per heavy atom. The van der Waals surface area contributed by atoms with E-state index in [-0.39, 0.29) is 24.1 Å². The van der Waals surface area contributed by atoms with Gasteiger partial charge in [-0.2, -0.15) is 8.78 Å². The summed E-state index contributed by atoms with van der Waals surface area (Å²) in [5.41, 5.74) is 0.922. The molecule has 22 heavy (non-hydrogen) atoms. The quantitative estimate of drug-likeness (QED) is 0.805. The molecule has 1 aliphatic heterocycles. The third-order valence-electron chi connectivity index (χ3n) is 3.50. The van der Waals surface area contributed by atoms with Crippen LogP contribution in [0.4, 0.5) is 8.78 Å². The number of amides is 1. The summed E-state index contributed by atoms with van der Waals surface area (Å²) in [6, 6.07) is 6.76. The summed E-state index contributed by atoms with van der Waals surface area (Å²) in [6.45, 7) is -1.13. The number of hydrogen-bond acceptors (Lipinski definition) is 3. The van der Waals surface area contributed by atoms with Gasteiger partial charge in [0.15, 0.2) is 0 Å². The Balaban J connectivity index is 0.00000242. The Morgan fingerprint density at radius 1 is 1.36 bits per heavy atom. The molecule has 2 N–H and O–H groups in total. The van der Waals surface area contributed by atoms with Crippen LogP contribution in [0, 0.1) is 0 Å². The molecule has 1 heterocycles. The first-order valence-corrected chi connectivity index (χ1v) is 7.17. The summed E-state index contributed by atoms with van der Waals surface area (Å²) in [6.07, 6.45) is 3.24. The zero-order valence-electron chi connectivity index (χ0n) is 12.2. The molecule has 0 bridgehead atoms. The zero-order chi connectivity index (χ0) is 15.1. The van der Waals surface area contributed by atoms with Gasteiger partial charge in [0.25, 0.3) is 0 Å². The Labute approximate surface area is 135 Å². The summed E-state index contributed by atoms with van der Waals surface area (Å²) in [7, 11) is 0. The first kappa shape index (κ1) is 18.6. The average molecular weight is 335 g/mol. The molecule has 124 valence electrons. The summed E-state index contributed by atoms with van der Waals surface area (Å²) in [5, 5.41) is 6.22. The molecule has 1 unspecified atom stereocenters. The van der Waals surface area contributed by atoms with Crippen LogP contribution in [0.2, 0.25) is 0 Å². The number of aryl methyl sites for hydroxylation is 1. The van der Waals surface area contributed by atoms with Gasteiger partial charge in [0.1, 0.15) is 5.75 Å². The molecule has 1 aliphatic rings. The van der Waals surface area contributed by atoms with Gasteiger partial charge in [0.05, 0.1) is 0 Å². The molecule has 1 amide bonds. The van der Waals surface area contributed by atoms with Crippen LogP contribution < -0.4 is 15.4 Å². The molecule has 0 spiro atoms. The highest BCUT2D eigenvalue weighted by Gasteiger charge is 2.14. The van der Waals surface area contributed by atoms with Crippen LogP contribution in [-0.2, 0) is 11.2 Å². The van der Waals surface area contributed by atoms with Crippen molar-refractivity contribution >= 4 is 18.3 Å². The van der Waals surface area contributed by atoms with Gasteiger partial charge in [0.2, 0.25) is 5.91 Å². The van der Waals surface area contributed by atoms with E-state index in [0.29, 0.717) is 25.4 Å². The van der Waals surface area contributed by atoms with Gasteiger partial charge < -0.3 is 15.4 Å². The van der Waals surface area contributed by atoms with Crippen molar-refractivity contribution in [3.63, 3.8) is 0 Å². The van der Waals surface area contributed by atoms with Crippen LogP contribution in [0.3, 0.4) is 0 Å². The van der Waals surface area contributed by atoms with E-state index < -0.39 is 6.61 Å². The number of carbonyl (C=O) groups is 1. The highest BCUT2D eigenvalue weighted by atomic mass is 35.5. The maximum atomic E-state index is 12.0. The number of carbonyl (C=O) groups excluding carboxylic acids is 1. The monoisotopic (exact) mass is 334 g/mol. The van der Waals surface area contributed by atoms with Gasteiger partial charge in [-0.25, -0.2) is 0 Å². The number of hydrogen-bond donors (Lipinski definition) is 2. The number of nitrogens with one attached hydrogen (secondary N) is 2. The van der Waals surface area contributed by atoms with Crippen LogP contribution in [0.1, 0.15) is 24.8 Å². The van der Waals surface area contributed by atoms with Crippen LogP contribution >= 0.6 is 12.4 Å². The van der Waals surface area contributed by atoms with Crippen LogP contribution in [0.15, 0.2) is 24.3 Å². The molecule has 1 aromatic carbocycles. The molecule has 1 fully saturated rings. The van der Waals surface area contributed by atoms with Crippen molar-refractivity contribution < 1.29 is 18.3 Å². The minimum atomic E-state index is -2.81. The fourth-order valence-electron chi connectivity index (χ4n) is 2.35. The van der Waals surface area contributed by atoms with Crippen LogP contribution in [0.5, 0.6) is 5.75 Å². The SMILES string of the molecule is Cl.O=C(CCc1ccc(OC(F)F)cc1)NCC1CCCN1. The van der Waals surface area contributed by atoms with E-state index in [1.165, 1.54) is 12.1 Å². The minimum absolute atomic E-state index is 0. The molecule has 0 radical (unpaired) electrons. The molecule has 1 atom stereocenters. The topological polar surface area (TPSA) is 50.4 Å². The summed E-state index contributed by atoms with van der Waals surface area (Å²) >= 11 is 0. The summed E-state index contributed by atoms with van der Waals surface area (Å²) in [4.78, 5) is 11.7. The first-order valence-electron chi connectivity index (χ1n) is 7.17. The lowest BCUT2D eigenvalue weighted by atomic mass is 10.1. The van der Waals surface area contributed by atoms with Gasteiger partial charge in [-0.15, -0.1) is 12.4 Å². The normalized spacial score (nSPS) is 17.1. The van der Waals surface area contributed by atoms with Gasteiger partial charge >= 0.3 is 6.61 Å². The molecule has 4 nitrogen and oxygen atoms in total. The van der Waals surface area contributed by atoms with Crippen molar-refractivity contribution in [1.29, 1.82) is 0 Å². The van der Waals surface area contributed by atoms with Crippen molar-refractivity contribution in [3.05, 3.63) is 29.8 Å². The summed E-state index contributed by atoms with van der Waals surface area (Å²) < 4.78 is 28.3. The lowest BCUT2D eigenvalue weighted by Crippen LogP contribution is -2.37. The number of halogens is 3. The number of alkyl halides is 2. The van der Waals surface area contributed by atoms with E-state index in [4.69, 9.17) is 0 Å². The number of benzene rings is 1. The second-order valence-corrected chi connectivity index (χ2v) is 5.12. The third-order valence-corrected chi connectivity index (χ3v) is 3.50. The largest absolute Gasteiger partial charge is 0.435 e. The highest BCUT2D eigenvalue weighted by molar-refractivity contribution is 5.85. The molecule has 7 heteroatoms. The Bertz CT molecular complexity index is 451. The molecule has 0 saturated carbocycles. The van der Waals surface area contributed by atoms with Gasteiger partial charge in [-0.1, -0.05) is 12.1 Å². The maximum absolute atomic E-state index is 12.0. The summed E-state index contributed by atoms with van der Waals surface area (Å²) in [5.74, 6) is 0.141. The minimum Gasteiger partial charge on any atom is -0.435 e. The van der Waals surface area contributed by atoms with E-state index in [2.05, 4.69) is 15.4 Å². The zero-order valence-corrected chi connectivity index (χ0v) is 13.0. The average Bonchev–Trinajstić information content (AvgIpc) is 2.97. The standard InChI is InChI=1S/C15H20F2N2O2.ClH/c16-15(17)21-13-6-3-11(4-7-13)5-8-14(20)19-10-12-2-1-9-18-12;/h3-4,6-7,12,15,18H,1-2,5,8-10H2,(H,19,20);1H. The predicted molar refractivity (Wildman–Crippen MR) is 82.7 cm³/mol. The smallest absolute Gasteiger partial charge is 0.387 e. The molecular formula is C15H21ClF2N2O2. The van der Waals surface area contributed by atoms with Gasteiger partial charge in [-0.3, -0.25) is 4.79 Å². The third kappa shape index (κ3) is 6.58. The molecule has 0 aliphatic carbocycles.